The van der Waals surface area contributed by atoms with Gasteiger partial charge in [0.05, 0.1) is 10.3 Å². The summed E-state index contributed by atoms with van der Waals surface area (Å²) in [5, 5.41) is 0. The van der Waals surface area contributed by atoms with Crippen LogP contribution in [0, 0.1) is 5.41 Å². The monoisotopic (exact) mass is 292 g/mol. The standard InChI is InChI=1S/C9H10Br2O/c1-12-7-2-4-8(5-3-7)6-9(8,10)11/h2-4H,5-6H2,1H3/t8-/m0/s1. The first-order valence-electron chi connectivity index (χ1n) is 3.91. The number of allylic oxidation sites excluding steroid dienone is 3. The molecule has 0 aromatic heterocycles. The van der Waals surface area contributed by atoms with Crippen molar-refractivity contribution in [1.82, 2.24) is 0 Å². The average molecular weight is 294 g/mol. The summed E-state index contributed by atoms with van der Waals surface area (Å²) in [5.74, 6) is 0.975. The van der Waals surface area contributed by atoms with Crippen LogP contribution in [0.15, 0.2) is 24.0 Å². The molecule has 1 spiro atoms. The fraction of sp³-hybridized carbons (Fsp3) is 0.556. The minimum atomic E-state index is 0.138. The van der Waals surface area contributed by atoms with Crippen molar-refractivity contribution in [2.75, 3.05) is 7.11 Å². The van der Waals surface area contributed by atoms with E-state index in [2.05, 4.69) is 44.0 Å². The third-order valence-corrected chi connectivity index (χ3v) is 4.75. The second kappa shape index (κ2) is 2.61. The zero-order chi connectivity index (χ0) is 8.82. The molecule has 0 aromatic carbocycles. The number of hydrogen-bond acceptors (Lipinski definition) is 1. The lowest BCUT2D eigenvalue weighted by molar-refractivity contribution is 0.300. The molecule has 0 bridgehead atoms. The molecule has 2 rings (SSSR count). The van der Waals surface area contributed by atoms with Crippen molar-refractivity contribution in [3.8, 4) is 0 Å². The van der Waals surface area contributed by atoms with E-state index >= 15 is 0 Å². The zero-order valence-electron chi connectivity index (χ0n) is 6.81. The number of rotatable bonds is 1. The molecular formula is C9H10Br2O. The summed E-state index contributed by atoms with van der Waals surface area (Å²) in [4.78, 5) is 0. The van der Waals surface area contributed by atoms with Crippen LogP contribution in [0.1, 0.15) is 12.8 Å². The zero-order valence-corrected chi connectivity index (χ0v) is 9.98. The first kappa shape index (κ1) is 8.82. The molecule has 0 heterocycles. The molecular weight excluding hydrogens is 284 g/mol. The third kappa shape index (κ3) is 1.18. The highest BCUT2D eigenvalue weighted by Crippen LogP contribution is 2.70. The highest BCUT2D eigenvalue weighted by molar-refractivity contribution is 9.25. The fourth-order valence-corrected chi connectivity index (χ4v) is 3.15. The smallest absolute Gasteiger partial charge is 0.114 e. The maximum atomic E-state index is 5.12. The van der Waals surface area contributed by atoms with Gasteiger partial charge in [0.1, 0.15) is 5.76 Å². The molecule has 2 aliphatic carbocycles. The van der Waals surface area contributed by atoms with Gasteiger partial charge in [-0.15, -0.1) is 0 Å². The second-order valence-electron chi connectivity index (χ2n) is 3.39. The van der Waals surface area contributed by atoms with Crippen LogP contribution in [0.25, 0.3) is 0 Å². The predicted molar refractivity (Wildman–Crippen MR) is 56.5 cm³/mol. The molecule has 2 aliphatic rings. The van der Waals surface area contributed by atoms with E-state index in [1.54, 1.807) is 7.11 Å². The highest BCUT2D eigenvalue weighted by Gasteiger charge is 2.63. The minimum absolute atomic E-state index is 0.138. The Hall–Kier alpha value is 0.240. The van der Waals surface area contributed by atoms with Crippen LogP contribution in [0.5, 0.6) is 0 Å². The molecule has 12 heavy (non-hydrogen) atoms. The van der Waals surface area contributed by atoms with Crippen LogP contribution in [-0.2, 0) is 4.74 Å². The van der Waals surface area contributed by atoms with Crippen molar-refractivity contribution in [2.45, 2.75) is 16.1 Å². The van der Waals surface area contributed by atoms with Crippen LogP contribution in [0.2, 0.25) is 0 Å². The highest BCUT2D eigenvalue weighted by atomic mass is 79.9. The van der Waals surface area contributed by atoms with Crippen LogP contribution in [0.3, 0.4) is 0 Å². The third-order valence-electron chi connectivity index (χ3n) is 2.61. The Morgan fingerprint density at radius 3 is 2.50 bits per heavy atom. The van der Waals surface area contributed by atoms with E-state index in [0.29, 0.717) is 5.41 Å². The summed E-state index contributed by atoms with van der Waals surface area (Å²) in [7, 11) is 1.70. The maximum Gasteiger partial charge on any atom is 0.114 e. The van der Waals surface area contributed by atoms with E-state index in [4.69, 9.17) is 4.74 Å². The van der Waals surface area contributed by atoms with E-state index in [0.717, 1.165) is 18.6 Å². The van der Waals surface area contributed by atoms with Crippen molar-refractivity contribution in [3.63, 3.8) is 0 Å². The van der Waals surface area contributed by atoms with Gasteiger partial charge in [-0.05, 0) is 25.0 Å². The Balaban J connectivity index is 2.12. The van der Waals surface area contributed by atoms with E-state index in [9.17, 15) is 0 Å². The van der Waals surface area contributed by atoms with E-state index in [-0.39, 0.29) is 3.23 Å². The summed E-state index contributed by atoms with van der Waals surface area (Å²) < 4.78 is 5.26. The lowest BCUT2D eigenvalue weighted by Gasteiger charge is -2.16. The Labute approximate surface area is 89.1 Å². The van der Waals surface area contributed by atoms with E-state index in [1.165, 1.54) is 0 Å². The van der Waals surface area contributed by atoms with Crippen LogP contribution >= 0.6 is 31.9 Å². The molecule has 0 radical (unpaired) electrons. The largest absolute Gasteiger partial charge is 0.497 e. The SMILES string of the molecule is COC1=CC[C@@]2(C=C1)CC2(Br)Br. The molecule has 0 aromatic rings. The second-order valence-corrected chi connectivity index (χ2v) is 7.16. The number of ether oxygens (including phenoxy) is 1. The topological polar surface area (TPSA) is 9.23 Å². The molecule has 0 amide bonds. The first-order valence-corrected chi connectivity index (χ1v) is 5.49. The van der Waals surface area contributed by atoms with Crippen molar-refractivity contribution < 1.29 is 4.74 Å². The fourth-order valence-electron chi connectivity index (χ4n) is 1.57. The Kier molecular flexibility index (Phi) is 1.92. The molecule has 0 saturated heterocycles. The molecule has 0 unspecified atom stereocenters. The van der Waals surface area contributed by atoms with Gasteiger partial charge in [-0.25, -0.2) is 0 Å². The Bertz CT molecular complexity index is 268. The van der Waals surface area contributed by atoms with Crippen molar-refractivity contribution in [2.24, 2.45) is 5.41 Å². The van der Waals surface area contributed by atoms with E-state index in [1.807, 2.05) is 6.08 Å². The molecule has 3 heteroatoms. The van der Waals surface area contributed by atoms with Gasteiger partial charge in [0.25, 0.3) is 0 Å². The molecule has 66 valence electrons. The van der Waals surface area contributed by atoms with Gasteiger partial charge in [0, 0.05) is 5.41 Å². The summed E-state index contributed by atoms with van der Waals surface area (Å²) >= 11 is 7.28. The number of alkyl halides is 2. The summed E-state index contributed by atoms with van der Waals surface area (Å²) in [6.45, 7) is 0. The number of hydrogen-bond donors (Lipinski definition) is 0. The normalized spacial score (nSPS) is 36.4. The predicted octanol–water partition coefficient (Wildman–Crippen LogP) is 3.35. The quantitative estimate of drug-likeness (QED) is 0.674. The maximum absolute atomic E-state index is 5.12. The molecule has 1 fully saturated rings. The molecule has 0 aliphatic heterocycles. The molecule has 1 saturated carbocycles. The van der Waals surface area contributed by atoms with Crippen molar-refractivity contribution in [3.05, 3.63) is 24.0 Å². The lowest BCUT2D eigenvalue weighted by atomic mass is 9.97. The van der Waals surface area contributed by atoms with Gasteiger partial charge in [-0.1, -0.05) is 37.9 Å². The molecule has 1 atom stereocenters. The van der Waals surface area contributed by atoms with Crippen molar-refractivity contribution in [1.29, 1.82) is 0 Å². The van der Waals surface area contributed by atoms with E-state index < -0.39 is 0 Å². The minimum Gasteiger partial charge on any atom is -0.497 e. The Morgan fingerprint density at radius 2 is 2.17 bits per heavy atom. The summed E-state index contributed by atoms with van der Waals surface area (Å²) in [6.07, 6.45) is 8.64. The van der Waals surface area contributed by atoms with Gasteiger partial charge in [-0.3, -0.25) is 0 Å². The van der Waals surface area contributed by atoms with Crippen LogP contribution < -0.4 is 0 Å². The summed E-state index contributed by atoms with van der Waals surface area (Å²) in [5.41, 5.74) is 0.301. The lowest BCUT2D eigenvalue weighted by Crippen LogP contribution is -2.07. The summed E-state index contributed by atoms with van der Waals surface area (Å²) in [6, 6.07) is 0. The first-order chi connectivity index (χ1) is 5.60. The number of halogens is 2. The van der Waals surface area contributed by atoms with Gasteiger partial charge in [0.2, 0.25) is 0 Å². The average Bonchev–Trinajstić information content (AvgIpc) is 2.55. The Morgan fingerprint density at radius 1 is 1.50 bits per heavy atom. The van der Waals surface area contributed by atoms with Crippen molar-refractivity contribution >= 4 is 31.9 Å². The number of methoxy groups -OCH3 is 1. The van der Waals surface area contributed by atoms with Gasteiger partial charge in [-0.2, -0.15) is 0 Å². The van der Waals surface area contributed by atoms with Gasteiger partial charge in [0.15, 0.2) is 0 Å². The molecule has 0 N–H and O–H groups in total. The van der Waals surface area contributed by atoms with Crippen LogP contribution in [-0.4, -0.2) is 10.3 Å². The molecule has 1 nitrogen and oxygen atoms in total. The van der Waals surface area contributed by atoms with Crippen LogP contribution in [0.4, 0.5) is 0 Å². The van der Waals surface area contributed by atoms with Gasteiger partial charge < -0.3 is 4.74 Å². The van der Waals surface area contributed by atoms with Gasteiger partial charge >= 0.3 is 0 Å².